The van der Waals surface area contributed by atoms with Gasteiger partial charge in [-0.1, -0.05) is 26.5 Å². The number of carbonyl (C=O) groups is 1. The summed E-state index contributed by atoms with van der Waals surface area (Å²) in [7, 11) is 0. The fourth-order valence-corrected chi connectivity index (χ4v) is 1.41. The van der Waals surface area contributed by atoms with E-state index in [1.807, 2.05) is 0 Å². The molecule has 0 heterocycles. The lowest BCUT2D eigenvalue weighted by Gasteiger charge is -2.08. The molecule has 0 saturated carbocycles. The fourth-order valence-electron chi connectivity index (χ4n) is 1.30. The summed E-state index contributed by atoms with van der Waals surface area (Å²) in [5.41, 5.74) is 0. The molecule has 0 radical (unpaired) electrons. The van der Waals surface area contributed by atoms with Crippen molar-refractivity contribution < 1.29 is 4.79 Å². The van der Waals surface area contributed by atoms with Crippen molar-refractivity contribution in [1.29, 1.82) is 0 Å². The highest BCUT2D eigenvalue weighted by atomic mass is 32.1. The Morgan fingerprint density at radius 3 is 2.31 bits per heavy atom. The number of rotatable bonds is 10. The summed E-state index contributed by atoms with van der Waals surface area (Å²) in [6, 6.07) is 0.581. The second-order valence-corrected chi connectivity index (χ2v) is 4.56. The van der Waals surface area contributed by atoms with E-state index in [1.165, 1.54) is 12.8 Å². The second-order valence-electron chi connectivity index (χ2n) is 4.15. The Labute approximate surface area is 104 Å². The van der Waals surface area contributed by atoms with E-state index in [2.05, 4.69) is 42.4 Å². The summed E-state index contributed by atoms with van der Waals surface area (Å²) in [4.78, 5) is 10.4. The molecule has 0 aromatic rings. The van der Waals surface area contributed by atoms with Crippen LogP contribution in [0.3, 0.4) is 0 Å². The first-order valence-corrected chi connectivity index (χ1v) is 6.48. The number of hydrogen-bond acceptors (Lipinski definition) is 3. The highest BCUT2D eigenvalue weighted by Gasteiger charge is 1.93. The van der Waals surface area contributed by atoms with Gasteiger partial charge in [-0.15, -0.1) is 0 Å². The average Bonchev–Trinajstić information content (AvgIpc) is 2.20. The molecule has 0 aliphatic heterocycles. The van der Waals surface area contributed by atoms with Crippen molar-refractivity contribution in [3.05, 3.63) is 0 Å². The molecule has 0 rings (SSSR count). The third kappa shape index (κ3) is 13.7. The van der Waals surface area contributed by atoms with Gasteiger partial charge in [0.15, 0.2) is 0 Å². The highest BCUT2D eigenvalue weighted by molar-refractivity contribution is 7.96. The first-order valence-electron chi connectivity index (χ1n) is 6.04. The van der Waals surface area contributed by atoms with Gasteiger partial charge in [0.05, 0.1) is 0 Å². The maximum Gasteiger partial charge on any atom is 0.275 e. The van der Waals surface area contributed by atoms with Crippen LogP contribution in [0, 0.1) is 0 Å². The molecule has 1 amide bonds. The Bertz CT molecular complexity index is 177. The van der Waals surface area contributed by atoms with Gasteiger partial charge in [-0.05, 0) is 38.9 Å². The van der Waals surface area contributed by atoms with E-state index in [0.717, 1.165) is 26.1 Å². The first kappa shape index (κ1) is 15.7. The summed E-state index contributed by atoms with van der Waals surface area (Å²) in [5, 5.41) is 9.12. The Balaban J connectivity index is 2.96. The van der Waals surface area contributed by atoms with Crippen molar-refractivity contribution in [2.24, 2.45) is 0 Å². The SMILES string of the molecule is CC(C)NCCCCNCCCNC(=O)S. The van der Waals surface area contributed by atoms with Gasteiger partial charge < -0.3 is 16.0 Å². The van der Waals surface area contributed by atoms with E-state index in [-0.39, 0.29) is 5.24 Å². The van der Waals surface area contributed by atoms with Crippen LogP contribution in [0.15, 0.2) is 0 Å². The van der Waals surface area contributed by atoms with E-state index < -0.39 is 0 Å². The summed E-state index contributed by atoms with van der Waals surface area (Å²) in [5.74, 6) is 0. The number of hydrogen-bond donors (Lipinski definition) is 4. The van der Waals surface area contributed by atoms with Gasteiger partial charge in [-0.25, -0.2) is 0 Å². The van der Waals surface area contributed by atoms with Crippen molar-refractivity contribution >= 4 is 17.9 Å². The lowest BCUT2D eigenvalue weighted by Crippen LogP contribution is -2.26. The van der Waals surface area contributed by atoms with Crippen LogP contribution in [0.5, 0.6) is 0 Å². The predicted molar refractivity (Wildman–Crippen MR) is 72.2 cm³/mol. The maximum atomic E-state index is 10.4. The third-order valence-corrected chi connectivity index (χ3v) is 2.30. The minimum Gasteiger partial charge on any atom is -0.347 e. The Kier molecular flexibility index (Phi) is 11.0. The number of unbranched alkanes of at least 4 members (excludes halogenated alkanes) is 1. The topological polar surface area (TPSA) is 53.2 Å². The smallest absolute Gasteiger partial charge is 0.275 e. The molecule has 0 aliphatic carbocycles. The summed E-state index contributed by atoms with van der Waals surface area (Å²) in [6.07, 6.45) is 3.35. The molecule has 0 atom stereocenters. The number of amides is 1. The van der Waals surface area contributed by atoms with Gasteiger partial charge >= 0.3 is 0 Å². The van der Waals surface area contributed by atoms with Gasteiger partial charge in [-0.2, -0.15) is 0 Å². The van der Waals surface area contributed by atoms with Crippen molar-refractivity contribution in [1.82, 2.24) is 16.0 Å². The zero-order chi connectivity index (χ0) is 12.2. The molecule has 0 spiro atoms. The summed E-state index contributed by atoms with van der Waals surface area (Å²) < 4.78 is 0. The van der Waals surface area contributed by atoms with Gasteiger partial charge in [0.2, 0.25) is 0 Å². The van der Waals surface area contributed by atoms with Gasteiger partial charge in [0.25, 0.3) is 5.24 Å². The Morgan fingerprint density at radius 1 is 1.06 bits per heavy atom. The van der Waals surface area contributed by atoms with E-state index in [4.69, 9.17) is 0 Å². The van der Waals surface area contributed by atoms with E-state index in [9.17, 15) is 4.79 Å². The molecule has 5 heteroatoms. The van der Waals surface area contributed by atoms with Gasteiger partial charge in [-0.3, -0.25) is 4.79 Å². The number of thiol groups is 1. The Hall–Kier alpha value is -0.260. The second kappa shape index (κ2) is 11.2. The fraction of sp³-hybridized carbons (Fsp3) is 0.909. The Morgan fingerprint density at radius 2 is 1.69 bits per heavy atom. The molecule has 0 fully saturated rings. The lowest BCUT2D eigenvalue weighted by molar-refractivity contribution is 0.261. The zero-order valence-corrected chi connectivity index (χ0v) is 11.3. The minimum absolute atomic E-state index is 0.250. The molecule has 16 heavy (non-hydrogen) atoms. The summed E-state index contributed by atoms with van der Waals surface area (Å²) in [6.45, 7) is 8.11. The maximum absolute atomic E-state index is 10.4. The van der Waals surface area contributed by atoms with Crippen LogP contribution in [0.25, 0.3) is 0 Å². The molecule has 0 aliphatic rings. The minimum atomic E-state index is -0.250. The molecule has 4 nitrogen and oxygen atoms in total. The van der Waals surface area contributed by atoms with Crippen LogP contribution in [-0.4, -0.2) is 37.5 Å². The molecule has 96 valence electrons. The van der Waals surface area contributed by atoms with Crippen molar-refractivity contribution in [2.75, 3.05) is 26.2 Å². The number of carbonyl (C=O) groups excluding carboxylic acids is 1. The molecule has 0 unspecified atom stereocenters. The third-order valence-electron chi connectivity index (χ3n) is 2.14. The van der Waals surface area contributed by atoms with Crippen LogP contribution < -0.4 is 16.0 Å². The zero-order valence-electron chi connectivity index (χ0n) is 10.4. The standard InChI is InChI=1S/C11H25N3OS/c1-10(2)13-8-4-3-6-12-7-5-9-14-11(15)16/h10,12-13H,3-9H2,1-2H3,(H2,14,15,16). The van der Waals surface area contributed by atoms with Crippen LogP contribution in [0.1, 0.15) is 33.1 Å². The molecule has 0 saturated heterocycles. The molecular weight excluding hydrogens is 222 g/mol. The first-order chi connectivity index (χ1) is 7.63. The molecule has 0 aromatic heterocycles. The predicted octanol–water partition coefficient (Wildman–Crippen LogP) is 1.38. The highest BCUT2D eigenvalue weighted by Crippen LogP contribution is 1.87. The van der Waals surface area contributed by atoms with Crippen LogP contribution in [0.4, 0.5) is 4.79 Å². The molecule has 0 aromatic carbocycles. The van der Waals surface area contributed by atoms with Crippen molar-refractivity contribution in [3.63, 3.8) is 0 Å². The molecular formula is C11H25N3OS. The van der Waals surface area contributed by atoms with Crippen LogP contribution >= 0.6 is 12.6 Å². The lowest BCUT2D eigenvalue weighted by atomic mass is 10.3. The van der Waals surface area contributed by atoms with Crippen LogP contribution in [-0.2, 0) is 0 Å². The van der Waals surface area contributed by atoms with E-state index in [0.29, 0.717) is 12.6 Å². The van der Waals surface area contributed by atoms with Crippen molar-refractivity contribution in [3.8, 4) is 0 Å². The van der Waals surface area contributed by atoms with Crippen molar-refractivity contribution in [2.45, 2.75) is 39.2 Å². The largest absolute Gasteiger partial charge is 0.347 e. The van der Waals surface area contributed by atoms with Crippen LogP contribution in [0.2, 0.25) is 0 Å². The quantitative estimate of drug-likeness (QED) is 0.348. The van der Waals surface area contributed by atoms with E-state index >= 15 is 0 Å². The number of nitrogens with one attached hydrogen (secondary N) is 3. The summed E-state index contributed by atoms with van der Waals surface area (Å²) >= 11 is 3.62. The van der Waals surface area contributed by atoms with E-state index in [1.54, 1.807) is 0 Å². The average molecular weight is 247 g/mol. The van der Waals surface area contributed by atoms with Gasteiger partial charge in [0, 0.05) is 12.6 Å². The monoisotopic (exact) mass is 247 g/mol. The molecule has 3 N–H and O–H groups in total. The normalized spacial score (nSPS) is 10.8. The molecule has 0 bridgehead atoms. The van der Waals surface area contributed by atoms with Gasteiger partial charge in [0.1, 0.15) is 0 Å².